The molecule has 178 valence electrons. The van der Waals surface area contributed by atoms with Crippen molar-refractivity contribution in [1.29, 1.82) is 0 Å². The lowest BCUT2D eigenvalue weighted by molar-refractivity contribution is -0.137. The largest absolute Gasteiger partial charge is 0.416 e. The highest BCUT2D eigenvalue weighted by Crippen LogP contribution is 2.37. The number of hydrogen-bond acceptors (Lipinski definition) is 4. The minimum atomic E-state index is -4.63. The fraction of sp³-hybridized carbons (Fsp3) is 0.320. The molecule has 0 saturated heterocycles. The van der Waals surface area contributed by atoms with Crippen molar-refractivity contribution in [3.05, 3.63) is 81.8 Å². The number of alkyl halides is 3. The van der Waals surface area contributed by atoms with Crippen molar-refractivity contribution in [1.82, 2.24) is 15.5 Å². The Kier molecular flexibility index (Phi) is 6.54. The molecule has 9 heteroatoms. The predicted molar refractivity (Wildman–Crippen MR) is 121 cm³/mol. The predicted octanol–water partition coefficient (Wildman–Crippen LogP) is 5.37. The third-order valence-corrected chi connectivity index (χ3v) is 5.93. The van der Waals surface area contributed by atoms with Gasteiger partial charge in [-0.3, -0.25) is 4.79 Å². The van der Waals surface area contributed by atoms with E-state index in [4.69, 9.17) is 0 Å². The molecular weight excluding hydrogens is 448 g/mol. The van der Waals surface area contributed by atoms with Crippen LogP contribution >= 0.6 is 0 Å². The molecular formula is C25H24F4N4O. The Morgan fingerprint density at radius 3 is 2.74 bits per heavy atom. The molecule has 1 aliphatic rings. The van der Waals surface area contributed by atoms with Crippen LogP contribution < -0.4 is 10.2 Å². The summed E-state index contributed by atoms with van der Waals surface area (Å²) < 4.78 is 53.2. The number of rotatable bonds is 6. The summed E-state index contributed by atoms with van der Waals surface area (Å²) in [5.74, 6) is -0.495. The van der Waals surface area contributed by atoms with Crippen LogP contribution in [0.4, 0.5) is 29.1 Å². The standard InChI is InChI=1S/C25H24F4N4O/c1-3-8-30-24(34)21-5-4-6-22-20(21)7-9-33(22)23-15(2)17(14-31-32-23)10-16-11-18(25(27,28)29)13-19(26)12-16/h4-6,11-14H,3,7-10H2,1-2H3,(H,30,34). The Balaban J connectivity index is 1.65. The maximum absolute atomic E-state index is 13.9. The van der Waals surface area contributed by atoms with E-state index in [0.717, 1.165) is 35.4 Å². The van der Waals surface area contributed by atoms with E-state index in [2.05, 4.69) is 15.5 Å². The molecule has 0 aliphatic carbocycles. The topological polar surface area (TPSA) is 58.1 Å². The van der Waals surface area contributed by atoms with Gasteiger partial charge in [-0.1, -0.05) is 13.0 Å². The number of halogens is 4. The first kappa shape index (κ1) is 23.7. The zero-order chi connectivity index (χ0) is 24.5. The Morgan fingerprint density at radius 1 is 1.21 bits per heavy atom. The Bertz CT molecular complexity index is 1230. The van der Waals surface area contributed by atoms with Crippen LogP contribution in [0.1, 0.15) is 51.5 Å². The van der Waals surface area contributed by atoms with Crippen LogP contribution in [0, 0.1) is 12.7 Å². The summed E-state index contributed by atoms with van der Waals surface area (Å²) in [6.45, 7) is 4.98. The monoisotopic (exact) mass is 472 g/mol. The van der Waals surface area contributed by atoms with Crippen LogP contribution in [-0.4, -0.2) is 29.2 Å². The number of hydrogen-bond donors (Lipinski definition) is 1. The van der Waals surface area contributed by atoms with E-state index in [0.29, 0.717) is 42.5 Å². The Hall–Kier alpha value is -3.49. The number of amides is 1. The van der Waals surface area contributed by atoms with Gasteiger partial charge in [-0.05, 0) is 78.8 Å². The van der Waals surface area contributed by atoms with Crippen molar-refractivity contribution in [3.8, 4) is 0 Å². The first-order chi connectivity index (χ1) is 16.2. The van der Waals surface area contributed by atoms with Gasteiger partial charge in [0.1, 0.15) is 5.82 Å². The summed E-state index contributed by atoms with van der Waals surface area (Å²) in [6.07, 6.45) is -1.58. The molecule has 0 spiro atoms. The van der Waals surface area contributed by atoms with Crippen LogP contribution in [0.15, 0.2) is 42.6 Å². The summed E-state index contributed by atoms with van der Waals surface area (Å²) in [5.41, 5.74) is 2.95. The minimum absolute atomic E-state index is 0.0787. The first-order valence-corrected chi connectivity index (χ1v) is 11.0. The SMILES string of the molecule is CCCNC(=O)c1cccc2c1CCN2c1nncc(Cc2cc(F)cc(C(F)(F)F)c2)c1C. The van der Waals surface area contributed by atoms with E-state index >= 15 is 0 Å². The van der Waals surface area contributed by atoms with Crippen molar-refractivity contribution >= 4 is 17.4 Å². The van der Waals surface area contributed by atoms with Gasteiger partial charge < -0.3 is 10.2 Å². The lowest BCUT2D eigenvalue weighted by atomic mass is 10.0. The van der Waals surface area contributed by atoms with Gasteiger partial charge in [0, 0.05) is 24.3 Å². The molecule has 3 aromatic rings. The van der Waals surface area contributed by atoms with E-state index in [1.165, 1.54) is 6.20 Å². The quantitative estimate of drug-likeness (QED) is 0.491. The van der Waals surface area contributed by atoms with Gasteiger partial charge in [0.05, 0.1) is 11.8 Å². The van der Waals surface area contributed by atoms with Gasteiger partial charge in [0.25, 0.3) is 5.91 Å². The number of benzene rings is 2. The molecule has 2 aromatic carbocycles. The lowest BCUT2D eigenvalue weighted by Gasteiger charge is -2.21. The molecule has 4 rings (SSSR count). The highest BCUT2D eigenvalue weighted by molar-refractivity contribution is 5.98. The Morgan fingerprint density at radius 2 is 2.00 bits per heavy atom. The Labute approximate surface area is 194 Å². The molecule has 0 radical (unpaired) electrons. The van der Waals surface area contributed by atoms with Gasteiger partial charge in [-0.15, -0.1) is 5.10 Å². The van der Waals surface area contributed by atoms with Crippen LogP contribution in [-0.2, 0) is 19.0 Å². The highest BCUT2D eigenvalue weighted by atomic mass is 19.4. The van der Waals surface area contributed by atoms with Gasteiger partial charge >= 0.3 is 6.18 Å². The highest BCUT2D eigenvalue weighted by Gasteiger charge is 2.32. The van der Waals surface area contributed by atoms with Crippen molar-refractivity contribution in [2.75, 3.05) is 18.0 Å². The van der Waals surface area contributed by atoms with Gasteiger partial charge in [-0.25, -0.2) is 4.39 Å². The van der Waals surface area contributed by atoms with Gasteiger partial charge in [0.15, 0.2) is 5.82 Å². The molecule has 1 aliphatic heterocycles. The van der Waals surface area contributed by atoms with Crippen molar-refractivity contribution < 1.29 is 22.4 Å². The van der Waals surface area contributed by atoms with E-state index < -0.39 is 17.6 Å². The number of nitrogens with zero attached hydrogens (tertiary/aromatic N) is 3. The van der Waals surface area contributed by atoms with Crippen LogP contribution in [0.2, 0.25) is 0 Å². The maximum atomic E-state index is 13.9. The summed E-state index contributed by atoms with van der Waals surface area (Å²) in [6, 6.07) is 8.06. The average Bonchev–Trinajstić information content (AvgIpc) is 3.22. The molecule has 2 heterocycles. The van der Waals surface area contributed by atoms with Crippen molar-refractivity contribution in [2.24, 2.45) is 0 Å². The van der Waals surface area contributed by atoms with Gasteiger partial charge in [0.2, 0.25) is 0 Å². The smallest absolute Gasteiger partial charge is 0.352 e. The van der Waals surface area contributed by atoms with E-state index in [1.54, 1.807) is 6.07 Å². The van der Waals surface area contributed by atoms with Crippen LogP contribution in [0.5, 0.6) is 0 Å². The third kappa shape index (κ3) is 4.73. The molecule has 0 fully saturated rings. The summed E-state index contributed by atoms with van der Waals surface area (Å²) in [5, 5.41) is 11.2. The van der Waals surface area contributed by atoms with Gasteiger partial charge in [-0.2, -0.15) is 18.3 Å². The lowest BCUT2D eigenvalue weighted by Crippen LogP contribution is -2.25. The number of anilines is 2. The number of carbonyl (C=O) groups excluding carboxylic acids is 1. The second-order valence-corrected chi connectivity index (χ2v) is 8.30. The normalized spacial score (nSPS) is 13.2. The number of carbonyl (C=O) groups is 1. The van der Waals surface area contributed by atoms with Crippen molar-refractivity contribution in [3.63, 3.8) is 0 Å². The molecule has 1 N–H and O–H groups in total. The number of fused-ring (bicyclic) bond motifs is 1. The number of aromatic nitrogens is 2. The fourth-order valence-corrected chi connectivity index (χ4v) is 4.24. The summed E-state index contributed by atoms with van der Waals surface area (Å²) in [7, 11) is 0. The molecule has 1 amide bonds. The summed E-state index contributed by atoms with van der Waals surface area (Å²) in [4.78, 5) is 14.6. The van der Waals surface area contributed by atoms with Crippen LogP contribution in [0.3, 0.4) is 0 Å². The van der Waals surface area contributed by atoms with Crippen molar-refractivity contribution in [2.45, 2.75) is 39.3 Å². The molecule has 1 aromatic heterocycles. The zero-order valence-electron chi connectivity index (χ0n) is 18.8. The molecule has 0 saturated carbocycles. The second-order valence-electron chi connectivity index (χ2n) is 8.30. The summed E-state index contributed by atoms with van der Waals surface area (Å²) >= 11 is 0. The second kappa shape index (κ2) is 9.40. The third-order valence-electron chi connectivity index (χ3n) is 5.93. The molecule has 0 unspecified atom stereocenters. The fourth-order valence-electron chi connectivity index (χ4n) is 4.24. The average molecular weight is 472 g/mol. The van der Waals surface area contributed by atoms with Crippen LogP contribution in [0.25, 0.3) is 0 Å². The minimum Gasteiger partial charge on any atom is -0.352 e. The first-order valence-electron chi connectivity index (χ1n) is 11.0. The van der Waals surface area contributed by atoms with E-state index in [9.17, 15) is 22.4 Å². The molecule has 0 atom stereocenters. The molecule has 34 heavy (non-hydrogen) atoms. The zero-order valence-corrected chi connectivity index (χ0v) is 18.8. The maximum Gasteiger partial charge on any atom is 0.416 e. The molecule has 5 nitrogen and oxygen atoms in total. The van der Waals surface area contributed by atoms with E-state index in [-0.39, 0.29) is 17.9 Å². The number of nitrogens with one attached hydrogen (secondary N) is 1. The molecule has 0 bridgehead atoms. The van der Waals surface area contributed by atoms with E-state index in [1.807, 2.05) is 30.9 Å².